The van der Waals surface area contributed by atoms with Crippen LogP contribution >= 0.6 is 0 Å². The molecule has 0 spiro atoms. The van der Waals surface area contributed by atoms with Crippen LogP contribution in [0.5, 0.6) is 0 Å². The number of aliphatic hydroxyl groups excluding tert-OH is 1. The van der Waals surface area contributed by atoms with Crippen molar-refractivity contribution in [3.05, 3.63) is 77.0 Å². The monoisotopic (exact) mass is 444 g/mol. The van der Waals surface area contributed by atoms with Gasteiger partial charge in [0.05, 0.1) is 23.6 Å². The average Bonchev–Trinajstić information content (AvgIpc) is 3.46. The number of hydrogen-bond acceptors (Lipinski definition) is 9. The highest BCUT2D eigenvalue weighted by atomic mass is 16.5. The number of aryl methyl sites for hydroxylation is 1. The predicted octanol–water partition coefficient (Wildman–Crippen LogP) is 2.60. The summed E-state index contributed by atoms with van der Waals surface area (Å²) in [6.07, 6.45) is 2.86. The molecule has 0 saturated carbocycles. The van der Waals surface area contributed by atoms with Crippen LogP contribution in [-0.4, -0.2) is 41.6 Å². The van der Waals surface area contributed by atoms with Gasteiger partial charge in [0.25, 0.3) is 11.4 Å². The Labute approximate surface area is 187 Å². The minimum Gasteiger partial charge on any atom is -0.394 e. The van der Waals surface area contributed by atoms with Crippen LogP contribution in [0.4, 0.5) is 17.5 Å². The van der Waals surface area contributed by atoms with E-state index >= 15 is 0 Å². The van der Waals surface area contributed by atoms with Gasteiger partial charge in [0, 0.05) is 18.9 Å². The Balaban J connectivity index is 1.50. The van der Waals surface area contributed by atoms with Crippen LogP contribution < -0.4 is 16.2 Å². The van der Waals surface area contributed by atoms with E-state index in [1.165, 1.54) is 6.33 Å². The zero-order chi connectivity index (χ0) is 22.8. The average molecular weight is 444 g/mol. The summed E-state index contributed by atoms with van der Waals surface area (Å²) in [7, 11) is 1.77. The second-order valence-electron chi connectivity index (χ2n) is 7.35. The van der Waals surface area contributed by atoms with E-state index in [9.17, 15) is 9.90 Å². The number of aromatic nitrogens is 6. The molecule has 5 aromatic rings. The number of anilines is 3. The minimum absolute atomic E-state index is 0.151. The molecule has 0 unspecified atom stereocenters. The molecule has 0 bridgehead atoms. The highest BCUT2D eigenvalue weighted by Crippen LogP contribution is 2.29. The molecule has 3 heterocycles. The van der Waals surface area contributed by atoms with E-state index in [0.717, 1.165) is 11.1 Å². The largest absolute Gasteiger partial charge is 0.394 e. The maximum Gasteiger partial charge on any atom is 0.271 e. The lowest BCUT2D eigenvalue weighted by Gasteiger charge is -2.19. The number of nitrogens with one attached hydrogen (secondary N) is 3. The molecule has 2 aromatic carbocycles. The maximum absolute atomic E-state index is 11.9. The Bertz CT molecular complexity index is 1440. The number of fused-ring (bicyclic) bond motifs is 1. The summed E-state index contributed by atoms with van der Waals surface area (Å²) in [5, 5.41) is 23.4. The van der Waals surface area contributed by atoms with E-state index in [0.29, 0.717) is 28.4 Å². The molecular formula is C22H20N8O3. The van der Waals surface area contributed by atoms with Gasteiger partial charge in [-0.1, -0.05) is 35.5 Å². The van der Waals surface area contributed by atoms with Gasteiger partial charge in [-0.15, -0.1) is 0 Å². The van der Waals surface area contributed by atoms with Crippen molar-refractivity contribution in [3.8, 4) is 11.5 Å². The Morgan fingerprint density at radius 1 is 1.18 bits per heavy atom. The van der Waals surface area contributed by atoms with Gasteiger partial charge in [-0.25, -0.2) is 4.98 Å². The molecule has 11 heteroatoms. The van der Waals surface area contributed by atoms with Crippen LogP contribution in [0, 0.1) is 0 Å². The first-order chi connectivity index (χ1) is 16.1. The standard InChI is InChI=1S/C22H20N8O3/c1-30-18-9-14(7-8-15(18)20(32)29-30)26-22-23-10-16(21-24-12-25-33-21)19(28-22)27-17(11-31)13-5-3-2-4-6-13/h2-10,12,17,31H,11H2,1H3,(H,29,32)(H2,23,26,27,28)/t17-/m1/s1. The van der Waals surface area contributed by atoms with Crippen LogP contribution in [0.25, 0.3) is 22.4 Å². The van der Waals surface area contributed by atoms with Crippen LogP contribution in [-0.2, 0) is 7.05 Å². The molecule has 0 aliphatic carbocycles. The van der Waals surface area contributed by atoms with Crippen molar-refractivity contribution >= 4 is 28.4 Å². The van der Waals surface area contributed by atoms with Gasteiger partial charge in [-0.2, -0.15) is 9.97 Å². The zero-order valence-electron chi connectivity index (χ0n) is 17.6. The van der Waals surface area contributed by atoms with Gasteiger partial charge in [0.15, 0.2) is 6.33 Å². The zero-order valence-corrected chi connectivity index (χ0v) is 17.6. The molecule has 3 aromatic heterocycles. The Hall–Kier alpha value is -4.51. The molecule has 11 nitrogen and oxygen atoms in total. The predicted molar refractivity (Wildman–Crippen MR) is 122 cm³/mol. The molecule has 4 N–H and O–H groups in total. The summed E-state index contributed by atoms with van der Waals surface area (Å²) in [5.74, 6) is 0.970. The number of nitrogens with zero attached hydrogens (tertiary/aromatic N) is 5. The number of benzene rings is 2. The Kier molecular flexibility index (Phi) is 5.29. The van der Waals surface area contributed by atoms with E-state index in [1.807, 2.05) is 36.4 Å². The maximum atomic E-state index is 11.9. The SMILES string of the molecule is Cn1[nH]c(=O)c2ccc(Nc3ncc(-c4ncno4)c(N[C@H](CO)c4ccccc4)n3)cc21. The Morgan fingerprint density at radius 3 is 2.79 bits per heavy atom. The number of aromatic amines is 1. The van der Waals surface area contributed by atoms with Crippen LogP contribution in [0.3, 0.4) is 0 Å². The van der Waals surface area contributed by atoms with Gasteiger partial charge < -0.3 is 20.3 Å². The van der Waals surface area contributed by atoms with Crippen molar-refractivity contribution in [3.63, 3.8) is 0 Å². The Morgan fingerprint density at radius 2 is 2.03 bits per heavy atom. The fraction of sp³-hybridized carbons (Fsp3) is 0.136. The first kappa shape index (κ1) is 20.4. The van der Waals surface area contributed by atoms with Crippen molar-refractivity contribution in [2.24, 2.45) is 7.05 Å². The van der Waals surface area contributed by atoms with Crippen molar-refractivity contribution in [1.29, 1.82) is 0 Å². The van der Waals surface area contributed by atoms with Gasteiger partial charge in [-0.05, 0) is 23.8 Å². The highest BCUT2D eigenvalue weighted by molar-refractivity contribution is 5.83. The van der Waals surface area contributed by atoms with E-state index in [1.54, 1.807) is 30.1 Å². The fourth-order valence-electron chi connectivity index (χ4n) is 3.57. The van der Waals surface area contributed by atoms with E-state index < -0.39 is 6.04 Å². The van der Waals surface area contributed by atoms with E-state index in [-0.39, 0.29) is 18.1 Å². The van der Waals surface area contributed by atoms with Crippen LogP contribution in [0.2, 0.25) is 0 Å². The van der Waals surface area contributed by atoms with Gasteiger partial charge in [0.1, 0.15) is 11.4 Å². The van der Waals surface area contributed by atoms with Gasteiger partial charge in [-0.3, -0.25) is 14.6 Å². The summed E-state index contributed by atoms with van der Waals surface area (Å²) in [6, 6.07) is 14.5. The normalized spacial score (nSPS) is 12.1. The summed E-state index contributed by atoms with van der Waals surface area (Å²) in [6.45, 7) is -0.155. The molecule has 0 aliphatic rings. The third-order valence-corrected chi connectivity index (χ3v) is 5.21. The van der Waals surface area contributed by atoms with E-state index in [2.05, 4.69) is 35.8 Å². The molecule has 0 saturated heterocycles. The molecule has 0 aliphatic heterocycles. The third kappa shape index (κ3) is 4.04. The molecule has 0 amide bonds. The molecule has 0 fully saturated rings. The summed E-state index contributed by atoms with van der Waals surface area (Å²) in [5.41, 5.74) is 2.69. The third-order valence-electron chi connectivity index (χ3n) is 5.21. The summed E-state index contributed by atoms with van der Waals surface area (Å²) >= 11 is 0. The van der Waals surface area contributed by atoms with E-state index in [4.69, 9.17) is 4.52 Å². The van der Waals surface area contributed by atoms with Crippen LogP contribution in [0.15, 0.2) is 70.4 Å². The molecule has 0 radical (unpaired) electrons. The minimum atomic E-state index is -0.415. The quantitative estimate of drug-likeness (QED) is 0.297. The van der Waals surface area contributed by atoms with Crippen molar-refractivity contribution in [1.82, 2.24) is 29.9 Å². The first-order valence-corrected chi connectivity index (χ1v) is 10.1. The molecule has 5 rings (SSSR count). The first-order valence-electron chi connectivity index (χ1n) is 10.1. The topological polar surface area (TPSA) is 147 Å². The number of aliphatic hydroxyl groups is 1. The lowest BCUT2D eigenvalue weighted by atomic mass is 10.1. The van der Waals surface area contributed by atoms with Gasteiger partial charge in [0.2, 0.25) is 5.95 Å². The number of hydrogen-bond donors (Lipinski definition) is 4. The molecular weight excluding hydrogens is 424 g/mol. The van der Waals surface area contributed by atoms with Crippen molar-refractivity contribution in [2.45, 2.75) is 6.04 Å². The van der Waals surface area contributed by atoms with Gasteiger partial charge >= 0.3 is 0 Å². The fourth-order valence-corrected chi connectivity index (χ4v) is 3.57. The second-order valence-corrected chi connectivity index (χ2v) is 7.35. The summed E-state index contributed by atoms with van der Waals surface area (Å²) < 4.78 is 6.86. The second kappa shape index (κ2) is 8.55. The molecule has 166 valence electrons. The van der Waals surface area contributed by atoms with Crippen LogP contribution in [0.1, 0.15) is 11.6 Å². The molecule has 33 heavy (non-hydrogen) atoms. The van der Waals surface area contributed by atoms with Crippen molar-refractivity contribution < 1.29 is 9.63 Å². The number of H-pyrrole nitrogens is 1. The van der Waals surface area contributed by atoms with Crippen molar-refractivity contribution in [2.75, 3.05) is 17.2 Å². The molecule has 1 atom stereocenters. The highest BCUT2D eigenvalue weighted by Gasteiger charge is 2.18. The summed E-state index contributed by atoms with van der Waals surface area (Å²) in [4.78, 5) is 25.0. The number of rotatable bonds is 7. The lowest BCUT2D eigenvalue weighted by molar-refractivity contribution is 0.276. The lowest BCUT2D eigenvalue weighted by Crippen LogP contribution is -2.17. The smallest absolute Gasteiger partial charge is 0.271 e.